The second-order valence-corrected chi connectivity index (χ2v) is 5.21. The number of hydrazone groups is 1. The van der Waals surface area contributed by atoms with Crippen LogP contribution in [0.1, 0.15) is 17.5 Å². The van der Waals surface area contributed by atoms with Crippen LogP contribution in [0, 0.1) is 6.92 Å². The smallest absolute Gasteiger partial charge is 0.253 e. The van der Waals surface area contributed by atoms with Crippen molar-refractivity contribution in [3.63, 3.8) is 0 Å². The molecule has 0 fully saturated rings. The zero-order valence-electron chi connectivity index (χ0n) is 11.0. The Hall–Kier alpha value is -2.13. The number of nitrogens with zero attached hydrogens (tertiary/aromatic N) is 2. The lowest BCUT2D eigenvalue weighted by Gasteiger charge is -2.11. The first-order valence-corrected chi connectivity index (χ1v) is 6.74. The van der Waals surface area contributed by atoms with Crippen molar-refractivity contribution in [3.05, 3.63) is 64.7 Å². The summed E-state index contributed by atoms with van der Waals surface area (Å²) >= 11 is 5.85. The van der Waals surface area contributed by atoms with E-state index in [1.54, 1.807) is 24.3 Å². The van der Waals surface area contributed by atoms with Crippen molar-refractivity contribution < 1.29 is 4.79 Å². The molecule has 0 aromatic heterocycles. The summed E-state index contributed by atoms with van der Waals surface area (Å²) in [4.78, 5) is 12.1. The molecule has 0 radical (unpaired) electrons. The molecule has 0 saturated heterocycles. The van der Waals surface area contributed by atoms with E-state index in [4.69, 9.17) is 11.6 Å². The third-order valence-electron chi connectivity index (χ3n) is 3.23. The molecule has 3 nitrogen and oxygen atoms in total. The highest BCUT2D eigenvalue weighted by Crippen LogP contribution is 2.24. The van der Waals surface area contributed by atoms with Crippen LogP contribution in [0.15, 0.2) is 53.6 Å². The molecule has 0 spiro atoms. The number of anilines is 1. The first-order chi connectivity index (χ1) is 9.63. The van der Waals surface area contributed by atoms with Gasteiger partial charge in [0.2, 0.25) is 0 Å². The fraction of sp³-hybridized carbons (Fsp3) is 0.125. The molecule has 0 N–H and O–H groups in total. The van der Waals surface area contributed by atoms with Gasteiger partial charge in [0.25, 0.3) is 5.91 Å². The Morgan fingerprint density at radius 1 is 1.05 bits per heavy atom. The van der Waals surface area contributed by atoms with E-state index in [1.165, 1.54) is 10.6 Å². The maximum absolute atomic E-state index is 12.1. The second-order valence-electron chi connectivity index (χ2n) is 4.77. The average molecular weight is 285 g/mol. The summed E-state index contributed by atoms with van der Waals surface area (Å²) < 4.78 is 0. The standard InChI is InChI=1S/C16H13ClN2O/c1-11-2-4-12(5-3-11)15-10-16(20)19(18-15)14-8-6-13(17)7-9-14/h2-9H,10H2,1H3. The minimum Gasteiger partial charge on any atom is -0.272 e. The first-order valence-electron chi connectivity index (χ1n) is 6.36. The molecule has 0 unspecified atom stereocenters. The highest BCUT2D eigenvalue weighted by molar-refractivity contribution is 6.30. The summed E-state index contributed by atoms with van der Waals surface area (Å²) in [5, 5.41) is 6.50. The summed E-state index contributed by atoms with van der Waals surface area (Å²) in [6.45, 7) is 2.03. The lowest BCUT2D eigenvalue weighted by atomic mass is 10.1. The van der Waals surface area contributed by atoms with Gasteiger partial charge in [0, 0.05) is 5.02 Å². The van der Waals surface area contributed by atoms with E-state index < -0.39 is 0 Å². The van der Waals surface area contributed by atoms with Crippen molar-refractivity contribution in [2.24, 2.45) is 5.10 Å². The first kappa shape index (κ1) is 12.9. The zero-order chi connectivity index (χ0) is 14.1. The van der Waals surface area contributed by atoms with Crippen LogP contribution in [-0.4, -0.2) is 11.6 Å². The molecule has 0 aliphatic carbocycles. The summed E-state index contributed by atoms with van der Waals surface area (Å²) in [5.74, 6) is -0.0251. The predicted octanol–water partition coefficient (Wildman–Crippen LogP) is 3.79. The van der Waals surface area contributed by atoms with E-state index in [0.717, 1.165) is 17.0 Å². The van der Waals surface area contributed by atoms with Gasteiger partial charge in [-0.3, -0.25) is 4.79 Å². The van der Waals surface area contributed by atoms with Gasteiger partial charge in [-0.05, 0) is 36.8 Å². The summed E-state index contributed by atoms with van der Waals surface area (Å²) in [6, 6.07) is 15.1. The average Bonchev–Trinajstić information content (AvgIpc) is 2.82. The van der Waals surface area contributed by atoms with E-state index in [0.29, 0.717) is 11.4 Å². The van der Waals surface area contributed by atoms with Gasteiger partial charge in [0.1, 0.15) is 0 Å². The van der Waals surface area contributed by atoms with Gasteiger partial charge in [0.05, 0.1) is 17.8 Å². The molecule has 1 heterocycles. The quantitative estimate of drug-likeness (QED) is 0.826. The minimum absolute atomic E-state index is 0.0251. The molecule has 2 aromatic carbocycles. The number of carbonyl (C=O) groups is 1. The Morgan fingerprint density at radius 3 is 2.35 bits per heavy atom. The SMILES string of the molecule is Cc1ccc(C2=NN(c3ccc(Cl)cc3)C(=O)C2)cc1. The van der Waals surface area contributed by atoms with Crippen LogP contribution in [0.2, 0.25) is 5.02 Å². The number of hydrogen-bond acceptors (Lipinski definition) is 2. The number of halogens is 1. The summed E-state index contributed by atoms with van der Waals surface area (Å²) in [5.41, 5.74) is 3.71. The molecular formula is C16H13ClN2O. The molecule has 100 valence electrons. The van der Waals surface area contributed by atoms with Crippen molar-refractivity contribution in [2.45, 2.75) is 13.3 Å². The molecule has 0 saturated carbocycles. The van der Waals surface area contributed by atoms with Crippen LogP contribution in [0.3, 0.4) is 0 Å². The van der Waals surface area contributed by atoms with Gasteiger partial charge >= 0.3 is 0 Å². The van der Waals surface area contributed by atoms with Crippen molar-refractivity contribution >= 4 is 28.9 Å². The third-order valence-corrected chi connectivity index (χ3v) is 3.48. The lowest BCUT2D eigenvalue weighted by molar-refractivity contribution is -0.116. The molecule has 1 aliphatic heterocycles. The lowest BCUT2D eigenvalue weighted by Crippen LogP contribution is -2.19. The molecule has 20 heavy (non-hydrogen) atoms. The number of amides is 1. The Bertz CT molecular complexity index is 675. The monoisotopic (exact) mass is 284 g/mol. The number of aryl methyl sites for hydroxylation is 1. The van der Waals surface area contributed by atoms with E-state index in [-0.39, 0.29) is 5.91 Å². The molecule has 0 atom stereocenters. The minimum atomic E-state index is -0.0251. The van der Waals surface area contributed by atoms with Gasteiger partial charge in [-0.25, -0.2) is 5.01 Å². The Balaban J connectivity index is 1.92. The second kappa shape index (κ2) is 5.10. The Morgan fingerprint density at radius 2 is 1.70 bits per heavy atom. The van der Waals surface area contributed by atoms with Crippen molar-refractivity contribution in [1.82, 2.24) is 0 Å². The van der Waals surface area contributed by atoms with Crippen LogP contribution in [0.25, 0.3) is 0 Å². The van der Waals surface area contributed by atoms with Crippen LogP contribution >= 0.6 is 11.6 Å². The Labute approximate surface area is 122 Å². The maximum atomic E-state index is 12.1. The number of hydrogen-bond donors (Lipinski definition) is 0. The molecule has 1 amide bonds. The fourth-order valence-electron chi connectivity index (χ4n) is 2.12. The summed E-state index contributed by atoms with van der Waals surface area (Å²) in [7, 11) is 0. The molecule has 3 rings (SSSR count). The third kappa shape index (κ3) is 2.45. The number of rotatable bonds is 2. The topological polar surface area (TPSA) is 32.7 Å². The van der Waals surface area contributed by atoms with Crippen molar-refractivity contribution in [3.8, 4) is 0 Å². The van der Waals surface area contributed by atoms with Gasteiger partial charge in [-0.15, -0.1) is 0 Å². The zero-order valence-corrected chi connectivity index (χ0v) is 11.8. The molecule has 2 aromatic rings. The maximum Gasteiger partial charge on any atom is 0.253 e. The highest BCUT2D eigenvalue weighted by Gasteiger charge is 2.25. The van der Waals surface area contributed by atoms with Crippen LogP contribution in [-0.2, 0) is 4.79 Å². The van der Waals surface area contributed by atoms with E-state index in [1.807, 2.05) is 31.2 Å². The predicted molar refractivity (Wildman–Crippen MR) is 81.3 cm³/mol. The van der Waals surface area contributed by atoms with Crippen LogP contribution in [0.5, 0.6) is 0 Å². The largest absolute Gasteiger partial charge is 0.272 e. The molecule has 1 aliphatic rings. The Kier molecular flexibility index (Phi) is 3.28. The van der Waals surface area contributed by atoms with Gasteiger partial charge < -0.3 is 0 Å². The van der Waals surface area contributed by atoms with Crippen molar-refractivity contribution in [1.29, 1.82) is 0 Å². The van der Waals surface area contributed by atoms with Gasteiger partial charge in [-0.2, -0.15) is 5.10 Å². The molecular weight excluding hydrogens is 272 g/mol. The highest BCUT2D eigenvalue weighted by atomic mass is 35.5. The molecule has 4 heteroatoms. The van der Waals surface area contributed by atoms with Gasteiger partial charge in [-0.1, -0.05) is 41.4 Å². The van der Waals surface area contributed by atoms with Crippen LogP contribution in [0.4, 0.5) is 5.69 Å². The number of benzene rings is 2. The van der Waals surface area contributed by atoms with E-state index in [9.17, 15) is 4.79 Å². The fourth-order valence-corrected chi connectivity index (χ4v) is 2.25. The van der Waals surface area contributed by atoms with Crippen LogP contribution < -0.4 is 5.01 Å². The normalized spacial score (nSPS) is 14.6. The van der Waals surface area contributed by atoms with Crippen molar-refractivity contribution in [2.75, 3.05) is 5.01 Å². The summed E-state index contributed by atoms with van der Waals surface area (Å²) in [6.07, 6.45) is 0.325. The van der Waals surface area contributed by atoms with Gasteiger partial charge in [0.15, 0.2) is 0 Å². The van der Waals surface area contributed by atoms with E-state index in [2.05, 4.69) is 5.10 Å². The number of carbonyl (C=O) groups excluding carboxylic acids is 1. The van der Waals surface area contributed by atoms with E-state index >= 15 is 0 Å². The molecule has 0 bridgehead atoms.